The van der Waals surface area contributed by atoms with E-state index in [1.165, 1.54) is 30.7 Å². The SMILES string of the molecule is CCN(CC)C(=O)C1CCN(S(=O)(=O)c2ccc(OC)c(OC)c2)CC1. The van der Waals surface area contributed by atoms with Gasteiger partial charge < -0.3 is 14.4 Å². The van der Waals surface area contributed by atoms with Gasteiger partial charge in [-0.3, -0.25) is 4.79 Å². The lowest BCUT2D eigenvalue weighted by molar-refractivity contribution is -0.136. The molecule has 1 aliphatic heterocycles. The molecule has 2 rings (SSSR count). The van der Waals surface area contributed by atoms with Gasteiger partial charge in [-0.1, -0.05) is 0 Å². The van der Waals surface area contributed by atoms with Crippen molar-refractivity contribution in [3.63, 3.8) is 0 Å². The number of benzene rings is 1. The van der Waals surface area contributed by atoms with Crippen molar-refractivity contribution in [3.05, 3.63) is 18.2 Å². The van der Waals surface area contributed by atoms with Crippen LogP contribution in [0.4, 0.5) is 0 Å². The van der Waals surface area contributed by atoms with Crippen LogP contribution in [0.1, 0.15) is 26.7 Å². The Morgan fingerprint density at radius 2 is 1.69 bits per heavy atom. The van der Waals surface area contributed by atoms with Crippen LogP contribution in [0.5, 0.6) is 11.5 Å². The van der Waals surface area contributed by atoms with E-state index >= 15 is 0 Å². The van der Waals surface area contributed by atoms with Gasteiger partial charge in [0.25, 0.3) is 0 Å². The number of hydrogen-bond donors (Lipinski definition) is 0. The molecule has 1 saturated heterocycles. The number of carbonyl (C=O) groups excluding carboxylic acids is 1. The molecule has 0 bridgehead atoms. The van der Waals surface area contributed by atoms with Crippen molar-refractivity contribution < 1.29 is 22.7 Å². The molecule has 0 aromatic heterocycles. The molecule has 1 amide bonds. The van der Waals surface area contributed by atoms with Crippen molar-refractivity contribution >= 4 is 15.9 Å². The lowest BCUT2D eigenvalue weighted by Crippen LogP contribution is -2.44. The molecule has 0 radical (unpaired) electrons. The lowest BCUT2D eigenvalue weighted by Gasteiger charge is -2.33. The van der Waals surface area contributed by atoms with Crippen LogP contribution in [-0.2, 0) is 14.8 Å². The van der Waals surface area contributed by atoms with Gasteiger partial charge in [0.2, 0.25) is 15.9 Å². The lowest BCUT2D eigenvalue weighted by atomic mass is 9.96. The number of ether oxygens (including phenoxy) is 2. The number of nitrogens with zero attached hydrogens (tertiary/aromatic N) is 2. The molecule has 1 aromatic carbocycles. The van der Waals surface area contributed by atoms with Crippen molar-refractivity contribution in [2.75, 3.05) is 40.4 Å². The minimum Gasteiger partial charge on any atom is -0.493 e. The van der Waals surface area contributed by atoms with E-state index in [-0.39, 0.29) is 16.7 Å². The molecule has 0 unspecified atom stereocenters. The van der Waals surface area contributed by atoms with E-state index in [1.54, 1.807) is 6.07 Å². The Labute approximate surface area is 155 Å². The van der Waals surface area contributed by atoms with Crippen LogP contribution < -0.4 is 9.47 Å². The van der Waals surface area contributed by atoms with E-state index in [2.05, 4.69) is 0 Å². The third-order valence-electron chi connectivity index (χ3n) is 4.87. The Balaban J connectivity index is 2.12. The number of amides is 1. The van der Waals surface area contributed by atoms with E-state index in [1.807, 2.05) is 18.7 Å². The fourth-order valence-corrected chi connectivity index (χ4v) is 4.75. The maximum Gasteiger partial charge on any atom is 0.243 e. The third kappa shape index (κ3) is 4.12. The van der Waals surface area contributed by atoms with Crippen molar-refractivity contribution in [1.82, 2.24) is 9.21 Å². The van der Waals surface area contributed by atoms with Gasteiger partial charge in [0, 0.05) is 38.2 Å². The number of sulfonamides is 1. The predicted molar refractivity (Wildman–Crippen MR) is 99.0 cm³/mol. The standard InChI is InChI=1S/C18H28N2O5S/c1-5-19(6-2)18(21)14-9-11-20(12-10-14)26(22,23)15-7-8-16(24-3)17(13-15)25-4/h7-8,13-14H,5-6,9-12H2,1-4H3. The minimum absolute atomic E-state index is 0.105. The van der Waals surface area contributed by atoms with Crippen LogP contribution in [0, 0.1) is 5.92 Å². The van der Waals surface area contributed by atoms with Crippen LogP contribution >= 0.6 is 0 Å². The van der Waals surface area contributed by atoms with E-state index in [4.69, 9.17) is 9.47 Å². The van der Waals surface area contributed by atoms with Gasteiger partial charge in [-0.15, -0.1) is 0 Å². The summed E-state index contributed by atoms with van der Waals surface area (Å²) in [6.07, 6.45) is 1.09. The Morgan fingerprint density at radius 3 is 2.19 bits per heavy atom. The van der Waals surface area contributed by atoms with Crippen molar-refractivity contribution in [1.29, 1.82) is 0 Å². The molecule has 1 aliphatic rings. The summed E-state index contributed by atoms with van der Waals surface area (Å²) < 4.78 is 37.6. The quantitative estimate of drug-likeness (QED) is 0.718. The average Bonchev–Trinajstić information content (AvgIpc) is 2.68. The molecule has 1 heterocycles. The summed E-state index contributed by atoms with van der Waals surface area (Å²) in [5, 5.41) is 0. The molecule has 146 valence electrons. The predicted octanol–water partition coefficient (Wildman–Crippen LogP) is 1.97. The van der Waals surface area contributed by atoms with E-state index in [0.717, 1.165) is 0 Å². The molecule has 0 atom stereocenters. The highest BCUT2D eigenvalue weighted by molar-refractivity contribution is 7.89. The van der Waals surface area contributed by atoms with Crippen LogP contribution in [0.25, 0.3) is 0 Å². The van der Waals surface area contributed by atoms with E-state index in [9.17, 15) is 13.2 Å². The number of methoxy groups -OCH3 is 2. The number of hydrogen-bond acceptors (Lipinski definition) is 5. The fraction of sp³-hybridized carbons (Fsp3) is 0.611. The topological polar surface area (TPSA) is 76.2 Å². The highest BCUT2D eigenvalue weighted by Crippen LogP contribution is 2.32. The highest BCUT2D eigenvalue weighted by Gasteiger charge is 2.33. The molecular weight excluding hydrogens is 356 g/mol. The number of piperidine rings is 1. The van der Waals surface area contributed by atoms with Crippen LogP contribution in [0.15, 0.2) is 23.1 Å². The van der Waals surface area contributed by atoms with Gasteiger partial charge in [0.05, 0.1) is 19.1 Å². The first-order valence-corrected chi connectivity index (χ1v) is 10.3. The normalized spacial score (nSPS) is 16.3. The molecule has 1 fully saturated rings. The molecule has 0 saturated carbocycles. The zero-order chi connectivity index (χ0) is 19.3. The second-order valence-electron chi connectivity index (χ2n) is 6.21. The molecule has 26 heavy (non-hydrogen) atoms. The van der Waals surface area contributed by atoms with Gasteiger partial charge in [0.15, 0.2) is 11.5 Å². The van der Waals surface area contributed by atoms with Gasteiger partial charge in [-0.2, -0.15) is 4.31 Å². The van der Waals surface area contributed by atoms with Gasteiger partial charge >= 0.3 is 0 Å². The Morgan fingerprint density at radius 1 is 1.12 bits per heavy atom. The average molecular weight is 384 g/mol. The first-order valence-electron chi connectivity index (χ1n) is 8.89. The summed E-state index contributed by atoms with van der Waals surface area (Å²) in [4.78, 5) is 14.4. The summed E-state index contributed by atoms with van der Waals surface area (Å²) in [6, 6.07) is 4.58. The van der Waals surface area contributed by atoms with Crippen LogP contribution in [0.3, 0.4) is 0 Å². The Bertz CT molecular complexity index is 723. The van der Waals surface area contributed by atoms with Crippen LogP contribution in [-0.4, -0.2) is 63.9 Å². The van der Waals surface area contributed by atoms with Crippen molar-refractivity contribution in [2.45, 2.75) is 31.6 Å². The zero-order valence-electron chi connectivity index (χ0n) is 15.9. The summed E-state index contributed by atoms with van der Waals surface area (Å²) in [7, 11) is -0.653. The summed E-state index contributed by atoms with van der Waals surface area (Å²) in [6.45, 7) is 5.96. The Hall–Kier alpha value is -1.80. The summed E-state index contributed by atoms with van der Waals surface area (Å²) in [5.41, 5.74) is 0. The fourth-order valence-electron chi connectivity index (χ4n) is 3.26. The van der Waals surface area contributed by atoms with Gasteiger partial charge in [-0.05, 0) is 38.8 Å². The largest absolute Gasteiger partial charge is 0.493 e. The van der Waals surface area contributed by atoms with Crippen LogP contribution in [0.2, 0.25) is 0 Å². The van der Waals surface area contributed by atoms with Crippen molar-refractivity contribution in [2.24, 2.45) is 5.92 Å². The maximum atomic E-state index is 12.9. The molecular formula is C18H28N2O5S. The maximum absolute atomic E-state index is 12.9. The first-order chi connectivity index (χ1) is 12.4. The van der Waals surface area contributed by atoms with Gasteiger partial charge in [0.1, 0.15) is 0 Å². The summed E-state index contributed by atoms with van der Waals surface area (Å²) >= 11 is 0. The highest BCUT2D eigenvalue weighted by atomic mass is 32.2. The van der Waals surface area contributed by atoms with E-state index < -0.39 is 10.0 Å². The zero-order valence-corrected chi connectivity index (χ0v) is 16.7. The number of carbonyl (C=O) groups is 1. The molecule has 0 spiro atoms. The molecule has 0 N–H and O–H groups in total. The molecule has 7 nitrogen and oxygen atoms in total. The molecule has 1 aromatic rings. The summed E-state index contributed by atoms with van der Waals surface area (Å²) in [5.74, 6) is 0.875. The monoisotopic (exact) mass is 384 g/mol. The van der Waals surface area contributed by atoms with Gasteiger partial charge in [-0.25, -0.2) is 8.42 Å². The first kappa shape index (κ1) is 20.5. The second-order valence-corrected chi connectivity index (χ2v) is 8.14. The van der Waals surface area contributed by atoms with Crippen molar-refractivity contribution in [3.8, 4) is 11.5 Å². The minimum atomic E-state index is -3.63. The number of rotatable bonds is 7. The van der Waals surface area contributed by atoms with E-state index in [0.29, 0.717) is 50.5 Å². The third-order valence-corrected chi connectivity index (χ3v) is 6.77. The second kappa shape index (κ2) is 8.73. The smallest absolute Gasteiger partial charge is 0.243 e. The molecule has 0 aliphatic carbocycles. The molecule has 8 heteroatoms. The Kier molecular flexibility index (Phi) is 6.88.